The first-order valence-corrected chi connectivity index (χ1v) is 12.3. The van der Waals surface area contributed by atoms with E-state index in [4.69, 9.17) is 0 Å². The summed E-state index contributed by atoms with van der Waals surface area (Å²) in [6, 6.07) is 38.4. The molecule has 0 unspecified atom stereocenters. The number of pyridine rings is 1. The number of amides is 2. The van der Waals surface area contributed by atoms with Gasteiger partial charge < -0.3 is 10.6 Å². The predicted octanol–water partition coefficient (Wildman–Crippen LogP) is 7.56. The molecule has 5 heteroatoms. The molecular weight excluding hydrogens is 470 g/mol. The highest BCUT2D eigenvalue weighted by Crippen LogP contribution is 2.23. The molecule has 0 aliphatic heterocycles. The van der Waals surface area contributed by atoms with Crippen molar-refractivity contribution in [3.63, 3.8) is 0 Å². The average Bonchev–Trinajstić information content (AvgIpc) is 2.97. The molecule has 0 aliphatic carbocycles. The maximum Gasteiger partial charge on any atom is 0.255 e. The Morgan fingerprint density at radius 3 is 1.53 bits per heavy atom. The van der Waals surface area contributed by atoms with Crippen LogP contribution in [0.15, 0.2) is 128 Å². The van der Waals surface area contributed by atoms with Crippen molar-refractivity contribution >= 4 is 44.7 Å². The summed E-state index contributed by atoms with van der Waals surface area (Å²) in [4.78, 5) is 30.0. The van der Waals surface area contributed by atoms with Gasteiger partial charge in [0, 0.05) is 22.4 Å². The Morgan fingerprint density at radius 2 is 1.00 bits per heavy atom. The van der Waals surface area contributed by atoms with Crippen molar-refractivity contribution in [3.05, 3.63) is 139 Å². The molecule has 0 aliphatic rings. The van der Waals surface area contributed by atoms with Crippen LogP contribution in [0.2, 0.25) is 0 Å². The minimum atomic E-state index is -0.184. The lowest BCUT2D eigenvalue weighted by atomic mass is 10.1. The van der Waals surface area contributed by atoms with Gasteiger partial charge in [0.2, 0.25) is 0 Å². The van der Waals surface area contributed by atoms with E-state index in [0.717, 1.165) is 32.8 Å². The van der Waals surface area contributed by atoms with Gasteiger partial charge in [-0.3, -0.25) is 14.6 Å². The molecule has 6 aromatic rings. The second-order valence-corrected chi connectivity index (χ2v) is 9.04. The first-order valence-electron chi connectivity index (χ1n) is 12.3. The Hall–Kier alpha value is -5.29. The largest absolute Gasteiger partial charge is 0.322 e. The van der Waals surface area contributed by atoms with Crippen LogP contribution in [0.4, 0.5) is 11.4 Å². The number of nitrogens with one attached hydrogen (secondary N) is 2. The molecule has 0 bridgehead atoms. The molecule has 38 heavy (non-hydrogen) atoms. The Bertz CT molecular complexity index is 1660. The van der Waals surface area contributed by atoms with E-state index in [1.807, 2.05) is 121 Å². The second-order valence-electron chi connectivity index (χ2n) is 9.04. The minimum absolute atomic E-state index is 0.159. The van der Waals surface area contributed by atoms with Crippen LogP contribution in [0.3, 0.4) is 0 Å². The first-order chi connectivity index (χ1) is 18.6. The van der Waals surface area contributed by atoms with Gasteiger partial charge in [-0.1, -0.05) is 72.8 Å². The molecule has 2 amide bonds. The number of hydrogen-bond donors (Lipinski definition) is 2. The Balaban J connectivity index is 1.11. The maximum absolute atomic E-state index is 12.7. The van der Waals surface area contributed by atoms with Gasteiger partial charge in [-0.15, -0.1) is 0 Å². The topological polar surface area (TPSA) is 71.1 Å². The van der Waals surface area contributed by atoms with Crippen molar-refractivity contribution in [2.24, 2.45) is 0 Å². The lowest BCUT2D eigenvalue weighted by molar-refractivity contribution is 0.101. The fourth-order valence-electron chi connectivity index (χ4n) is 4.43. The van der Waals surface area contributed by atoms with Gasteiger partial charge in [0.15, 0.2) is 0 Å². The second kappa shape index (κ2) is 9.99. The van der Waals surface area contributed by atoms with E-state index in [1.165, 1.54) is 0 Å². The number of carbonyl (C=O) groups is 2. The third-order valence-corrected chi connectivity index (χ3v) is 6.48. The fourth-order valence-corrected chi connectivity index (χ4v) is 4.43. The summed E-state index contributed by atoms with van der Waals surface area (Å²) in [6.07, 6.45) is 1.64. The molecule has 6 rings (SSSR count). The molecular formula is C33H23N3O2. The zero-order chi connectivity index (χ0) is 25.9. The Kier molecular flexibility index (Phi) is 6.08. The molecule has 0 saturated carbocycles. The van der Waals surface area contributed by atoms with E-state index in [2.05, 4.69) is 15.6 Å². The standard InChI is InChI=1S/C33H23N3O2/c37-32(27-11-9-22-5-1-3-7-25(22)19-27)35-29-15-13-24(14-16-29)31-18-17-30(21-34-31)36-33(38)28-12-10-23-6-2-4-8-26(23)20-28/h1-21H,(H,35,37)(H,36,38). The van der Waals surface area contributed by atoms with Gasteiger partial charge in [-0.2, -0.15) is 0 Å². The van der Waals surface area contributed by atoms with Crippen molar-refractivity contribution in [2.75, 3.05) is 10.6 Å². The van der Waals surface area contributed by atoms with Crippen LogP contribution < -0.4 is 10.6 Å². The Morgan fingerprint density at radius 1 is 0.500 bits per heavy atom. The molecule has 2 N–H and O–H groups in total. The number of aromatic nitrogens is 1. The summed E-state index contributed by atoms with van der Waals surface area (Å²) in [6.45, 7) is 0. The molecule has 0 fully saturated rings. The van der Waals surface area contributed by atoms with Crippen LogP contribution in [-0.2, 0) is 0 Å². The van der Waals surface area contributed by atoms with Gasteiger partial charge in [-0.05, 0) is 70.1 Å². The molecule has 0 spiro atoms. The lowest BCUT2D eigenvalue weighted by Crippen LogP contribution is -2.12. The molecule has 1 heterocycles. The van der Waals surface area contributed by atoms with Crippen LogP contribution in [0.25, 0.3) is 32.8 Å². The third kappa shape index (κ3) is 4.86. The van der Waals surface area contributed by atoms with Gasteiger partial charge in [0.05, 0.1) is 17.6 Å². The van der Waals surface area contributed by atoms with Crippen molar-refractivity contribution in [3.8, 4) is 11.3 Å². The van der Waals surface area contributed by atoms with Crippen molar-refractivity contribution < 1.29 is 9.59 Å². The zero-order valence-corrected chi connectivity index (χ0v) is 20.4. The SMILES string of the molecule is O=C(Nc1ccc(-c2ccc(NC(=O)c3ccc4ccccc4c3)cn2)cc1)c1ccc2ccccc2c1. The van der Waals surface area contributed by atoms with E-state index in [0.29, 0.717) is 22.5 Å². The van der Waals surface area contributed by atoms with E-state index in [1.54, 1.807) is 6.20 Å². The molecule has 0 atom stereocenters. The molecule has 182 valence electrons. The molecule has 0 saturated heterocycles. The maximum atomic E-state index is 12.7. The van der Waals surface area contributed by atoms with Crippen LogP contribution in [0, 0.1) is 0 Å². The van der Waals surface area contributed by atoms with Crippen LogP contribution in [-0.4, -0.2) is 16.8 Å². The highest BCUT2D eigenvalue weighted by atomic mass is 16.2. The zero-order valence-electron chi connectivity index (χ0n) is 20.4. The highest BCUT2D eigenvalue weighted by Gasteiger charge is 2.10. The number of nitrogens with zero attached hydrogens (tertiary/aromatic N) is 1. The number of rotatable bonds is 5. The van der Waals surface area contributed by atoms with Gasteiger partial charge >= 0.3 is 0 Å². The van der Waals surface area contributed by atoms with Crippen molar-refractivity contribution in [2.45, 2.75) is 0 Å². The number of hydrogen-bond acceptors (Lipinski definition) is 3. The number of carbonyl (C=O) groups excluding carboxylic acids is 2. The van der Waals surface area contributed by atoms with Crippen LogP contribution in [0.1, 0.15) is 20.7 Å². The smallest absolute Gasteiger partial charge is 0.255 e. The predicted molar refractivity (Wildman–Crippen MR) is 153 cm³/mol. The normalized spacial score (nSPS) is 10.8. The fraction of sp³-hybridized carbons (Fsp3) is 0. The summed E-state index contributed by atoms with van der Waals surface area (Å²) in [5.74, 6) is -0.343. The van der Waals surface area contributed by atoms with Crippen molar-refractivity contribution in [1.29, 1.82) is 0 Å². The molecule has 5 nitrogen and oxygen atoms in total. The van der Waals surface area contributed by atoms with Crippen LogP contribution in [0.5, 0.6) is 0 Å². The summed E-state index contributed by atoms with van der Waals surface area (Å²) in [7, 11) is 0. The Labute approximate surface area is 219 Å². The van der Waals surface area contributed by atoms with Gasteiger partial charge in [0.25, 0.3) is 11.8 Å². The highest BCUT2D eigenvalue weighted by molar-refractivity contribution is 6.07. The number of anilines is 2. The monoisotopic (exact) mass is 493 g/mol. The molecule has 5 aromatic carbocycles. The summed E-state index contributed by atoms with van der Waals surface area (Å²) in [5, 5.41) is 10.1. The third-order valence-electron chi connectivity index (χ3n) is 6.48. The molecule has 1 aromatic heterocycles. The number of fused-ring (bicyclic) bond motifs is 2. The first kappa shape index (κ1) is 23.1. The van der Waals surface area contributed by atoms with E-state index in [9.17, 15) is 9.59 Å². The summed E-state index contributed by atoms with van der Waals surface area (Å²) < 4.78 is 0. The summed E-state index contributed by atoms with van der Waals surface area (Å²) >= 11 is 0. The summed E-state index contributed by atoms with van der Waals surface area (Å²) in [5.41, 5.74) is 4.18. The quantitative estimate of drug-likeness (QED) is 0.260. The number of benzene rings is 5. The molecule has 0 radical (unpaired) electrons. The van der Waals surface area contributed by atoms with Crippen molar-refractivity contribution in [1.82, 2.24) is 4.98 Å². The van der Waals surface area contributed by atoms with E-state index >= 15 is 0 Å². The van der Waals surface area contributed by atoms with Gasteiger partial charge in [0.1, 0.15) is 0 Å². The van der Waals surface area contributed by atoms with Gasteiger partial charge in [-0.25, -0.2) is 0 Å². The van der Waals surface area contributed by atoms with E-state index in [-0.39, 0.29) is 11.8 Å². The van der Waals surface area contributed by atoms with E-state index < -0.39 is 0 Å². The lowest BCUT2D eigenvalue weighted by Gasteiger charge is -2.09. The average molecular weight is 494 g/mol. The minimum Gasteiger partial charge on any atom is -0.322 e. The van der Waals surface area contributed by atoms with Crippen LogP contribution >= 0.6 is 0 Å².